The van der Waals surface area contributed by atoms with Crippen LogP contribution in [0.25, 0.3) is 0 Å². The molecule has 0 spiro atoms. The van der Waals surface area contributed by atoms with Crippen LogP contribution in [0.1, 0.15) is 12.5 Å². The number of carbonyl (C=O) groups is 1. The van der Waals surface area contributed by atoms with Crippen molar-refractivity contribution in [2.45, 2.75) is 23.8 Å². The van der Waals surface area contributed by atoms with E-state index in [0.717, 1.165) is 6.42 Å². The van der Waals surface area contributed by atoms with Crippen LogP contribution >= 0.6 is 11.8 Å². The largest absolute Gasteiger partial charge is 0.355 e. The summed E-state index contributed by atoms with van der Waals surface area (Å²) < 4.78 is 0. The maximum absolute atomic E-state index is 12.0. The maximum atomic E-state index is 12.0. The van der Waals surface area contributed by atoms with E-state index in [1.54, 1.807) is 6.92 Å². The van der Waals surface area contributed by atoms with Gasteiger partial charge in [-0.25, -0.2) is 4.98 Å². The van der Waals surface area contributed by atoms with Crippen LogP contribution in [0.5, 0.6) is 0 Å². The van der Waals surface area contributed by atoms with E-state index in [2.05, 4.69) is 15.3 Å². The molecule has 1 heterocycles. The summed E-state index contributed by atoms with van der Waals surface area (Å²) in [5, 5.41) is 3.02. The summed E-state index contributed by atoms with van der Waals surface area (Å²) in [5.74, 6) is -0.0672. The van der Waals surface area contributed by atoms with Gasteiger partial charge in [-0.1, -0.05) is 42.1 Å². The quantitative estimate of drug-likeness (QED) is 0.628. The zero-order valence-corrected chi connectivity index (χ0v) is 12.5. The number of benzene rings is 1. The Balaban J connectivity index is 1.79. The number of nitrogens with zero attached hydrogens (tertiary/aromatic N) is 1. The van der Waals surface area contributed by atoms with Crippen LogP contribution in [-0.2, 0) is 11.2 Å². The van der Waals surface area contributed by atoms with Crippen LogP contribution in [0.3, 0.4) is 0 Å². The van der Waals surface area contributed by atoms with Gasteiger partial charge in [0, 0.05) is 18.8 Å². The molecule has 0 saturated heterocycles. The Bertz CT molecular complexity index is 643. The molecule has 1 unspecified atom stereocenters. The van der Waals surface area contributed by atoms with Gasteiger partial charge >= 0.3 is 0 Å². The fraction of sp³-hybridized carbons (Fsp3) is 0.267. The van der Waals surface area contributed by atoms with Gasteiger partial charge in [0.1, 0.15) is 0 Å². The van der Waals surface area contributed by atoms with Crippen molar-refractivity contribution in [1.82, 2.24) is 15.3 Å². The third kappa shape index (κ3) is 5.07. The van der Waals surface area contributed by atoms with Crippen molar-refractivity contribution in [2.75, 3.05) is 6.54 Å². The number of hydrogen-bond acceptors (Lipinski definition) is 4. The number of aromatic nitrogens is 2. The van der Waals surface area contributed by atoms with Crippen LogP contribution in [0.2, 0.25) is 0 Å². The van der Waals surface area contributed by atoms with E-state index in [9.17, 15) is 9.59 Å². The van der Waals surface area contributed by atoms with Crippen LogP contribution in [0, 0.1) is 0 Å². The highest BCUT2D eigenvalue weighted by molar-refractivity contribution is 8.00. The summed E-state index contributed by atoms with van der Waals surface area (Å²) in [6, 6.07) is 11.3. The maximum Gasteiger partial charge on any atom is 0.251 e. The summed E-state index contributed by atoms with van der Waals surface area (Å²) in [4.78, 5) is 29.7. The lowest BCUT2D eigenvalue weighted by Crippen LogP contribution is -2.32. The Morgan fingerprint density at radius 1 is 1.33 bits per heavy atom. The highest BCUT2D eigenvalue weighted by Crippen LogP contribution is 2.17. The lowest BCUT2D eigenvalue weighted by Gasteiger charge is -2.11. The van der Waals surface area contributed by atoms with E-state index in [-0.39, 0.29) is 16.7 Å². The Kier molecular flexibility index (Phi) is 5.57. The minimum atomic E-state index is -0.314. The molecular weight excluding hydrogens is 286 g/mol. The first-order valence-electron chi connectivity index (χ1n) is 6.69. The monoisotopic (exact) mass is 303 g/mol. The van der Waals surface area contributed by atoms with Gasteiger partial charge in [-0.05, 0) is 18.9 Å². The zero-order valence-electron chi connectivity index (χ0n) is 11.7. The number of hydrogen-bond donors (Lipinski definition) is 2. The highest BCUT2D eigenvalue weighted by atomic mass is 32.2. The highest BCUT2D eigenvalue weighted by Gasteiger charge is 2.14. The molecule has 2 rings (SSSR count). The number of rotatable bonds is 6. The van der Waals surface area contributed by atoms with Crippen LogP contribution in [0.15, 0.2) is 52.5 Å². The third-order valence-corrected chi connectivity index (χ3v) is 3.86. The molecule has 0 fully saturated rings. The Morgan fingerprint density at radius 3 is 2.81 bits per heavy atom. The smallest absolute Gasteiger partial charge is 0.251 e. The molecule has 6 heteroatoms. The number of carbonyl (C=O) groups excluding carboxylic acids is 1. The Hall–Kier alpha value is -2.08. The number of amides is 1. The van der Waals surface area contributed by atoms with Crippen molar-refractivity contribution in [3.63, 3.8) is 0 Å². The van der Waals surface area contributed by atoms with E-state index >= 15 is 0 Å². The van der Waals surface area contributed by atoms with Crippen molar-refractivity contribution >= 4 is 17.7 Å². The third-order valence-electron chi connectivity index (χ3n) is 2.86. The van der Waals surface area contributed by atoms with E-state index in [1.807, 2.05) is 30.3 Å². The van der Waals surface area contributed by atoms with E-state index in [4.69, 9.17) is 0 Å². The number of thioether (sulfide) groups is 1. The van der Waals surface area contributed by atoms with Gasteiger partial charge in [0.05, 0.1) is 5.25 Å². The van der Waals surface area contributed by atoms with Crippen molar-refractivity contribution in [3.05, 3.63) is 58.5 Å². The second-order valence-corrected chi connectivity index (χ2v) is 5.86. The Labute approximate surface area is 127 Å². The first-order valence-corrected chi connectivity index (χ1v) is 7.57. The van der Waals surface area contributed by atoms with Crippen molar-refractivity contribution in [1.29, 1.82) is 0 Å². The molecular formula is C15H17N3O2S. The first-order chi connectivity index (χ1) is 10.1. The van der Waals surface area contributed by atoms with Gasteiger partial charge in [-0.15, -0.1) is 0 Å². The number of H-pyrrole nitrogens is 1. The zero-order chi connectivity index (χ0) is 15.1. The normalized spacial score (nSPS) is 11.9. The Morgan fingerprint density at radius 2 is 2.10 bits per heavy atom. The van der Waals surface area contributed by atoms with Gasteiger partial charge in [0.2, 0.25) is 5.91 Å². The van der Waals surface area contributed by atoms with Crippen molar-refractivity contribution in [2.24, 2.45) is 0 Å². The molecule has 1 amide bonds. The van der Waals surface area contributed by atoms with Crippen molar-refractivity contribution < 1.29 is 4.79 Å². The summed E-state index contributed by atoms with van der Waals surface area (Å²) in [6.45, 7) is 2.38. The average molecular weight is 303 g/mol. The molecule has 0 aliphatic heterocycles. The van der Waals surface area contributed by atoms with E-state index < -0.39 is 0 Å². The molecule has 0 bridgehead atoms. The van der Waals surface area contributed by atoms with Crippen LogP contribution in [0.4, 0.5) is 0 Å². The van der Waals surface area contributed by atoms with Gasteiger partial charge in [0.15, 0.2) is 5.16 Å². The van der Waals surface area contributed by atoms with Crippen molar-refractivity contribution in [3.8, 4) is 0 Å². The van der Waals surface area contributed by atoms with Gasteiger partial charge in [-0.3, -0.25) is 9.59 Å². The first kappa shape index (κ1) is 15.3. The predicted molar refractivity (Wildman–Crippen MR) is 83.3 cm³/mol. The fourth-order valence-corrected chi connectivity index (χ4v) is 2.56. The molecule has 1 aromatic carbocycles. The van der Waals surface area contributed by atoms with Crippen LogP contribution in [-0.4, -0.2) is 27.7 Å². The van der Waals surface area contributed by atoms with E-state index in [0.29, 0.717) is 11.7 Å². The second kappa shape index (κ2) is 7.64. The molecule has 1 aromatic heterocycles. The molecule has 0 aliphatic carbocycles. The molecule has 5 nitrogen and oxygen atoms in total. The summed E-state index contributed by atoms with van der Waals surface area (Å²) in [6.07, 6.45) is 2.23. The molecule has 110 valence electrons. The minimum absolute atomic E-state index is 0.0672. The van der Waals surface area contributed by atoms with Crippen LogP contribution < -0.4 is 10.9 Å². The molecule has 0 radical (unpaired) electrons. The van der Waals surface area contributed by atoms with Gasteiger partial charge in [-0.2, -0.15) is 0 Å². The van der Waals surface area contributed by atoms with Gasteiger partial charge < -0.3 is 10.3 Å². The lowest BCUT2D eigenvalue weighted by atomic mass is 10.1. The molecule has 0 aliphatic rings. The summed E-state index contributed by atoms with van der Waals surface area (Å²) in [5.41, 5.74) is 0.969. The number of aromatic amines is 1. The summed E-state index contributed by atoms with van der Waals surface area (Å²) in [7, 11) is 0. The number of nitrogens with one attached hydrogen (secondary N) is 2. The fourth-order valence-electron chi connectivity index (χ4n) is 1.75. The minimum Gasteiger partial charge on any atom is -0.355 e. The summed E-state index contributed by atoms with van der Waals surface area (Å²) >= 11 is 1.23. The predicted octanol–water partition coefficient (Wildman–Crippen LogP) is 1.61. The lowest BCUT2D eigenvalue weighted by molar-refractivity contribution is -0.120. The molecule has 0 saturated carbocycles. The second-order valence-electron chi connectivity index (χ2n) is 4.53. The van der Waals surface area contributed by atoms with E-state index in [1.165, 1.54) is 29.6 Å². The van der Waals surface area contributed by atoms with Gasteiger partial charge in [0.25, 0.3) is 5.56 Å². The molecule has 21 heavy (non-hydrogen) atoms. The average Bonchev–Trinajstić information content (AvgIpc) is 2.48. The molecule has 2 N–H and O–H groups in total. The topological polar surface area (TPSA) is 74.8 Å². The standard InChI is InChI=1S/C15H17N3O2S/c1-11(21-15-17-10-8-13(19)18-15)14(20)16-9-7-12-5-3-2-4-6-12/h2-6,8,10-11H,7,9H2,1H3,(H,16,20)(H,17,18,19). The molecule has 2 aromatic rings. The molecule has 1 atom stereocenters. The SMILES string of the molecule is CC(Sc1nccc(=O)[nH]1)C(=O)NCCc1ccccc1.